The molecular weight excluding hydrogens is 1130 g/mol. The van der Waals surface area contributed by atoms with Crippen molar-refractivity contribution >= 4 is 71.3 Å². The second-order valence-corrected chi connectivity index (χ2v) is 23.4. The number of aromatic amines is 2. The maximum atomic E-state index is 13.6. The number of nitrogens with two attached hydrogens (primary N) is 2. The Balaban J connectivity index is 0.951. The molecule has 0 spiro atoms. The molecule has 3 saturated heterocycles. The highest BCUT2D eigenvalue weighted by molar-refractivity contribution is 7.66. The van der Waals surface area contributed by atoms with Gasteiger partial charge in [0.15, 0.2) is 23.9 Å². The number of aliphatic hydroxyl groups is 3. The fourth-order valence-electron chi connectivity index (χ4n) is 8.51. The van der Waals surface area contributed by atoms with E-state index in [0.29, 0.717) is 0 Å². The molecule has 0 bridgehead atoms. The van der Waals surface area contributed by atoms with E-state index in [2.05, 4.69) is 33.5 Å². The van der Waals surface area contributed by atoms with Crippen LogP contribution in [-0.2, 0) is 75.8 Å². The number of aromatic nitrogens is 10. The number of aryl methyl sites for hydroxylation is 1. The highest BCUT2D eigenvalue weighted by Gasteiger charge is 2.54. The lowest BCUT2D eigenvalue weighted by molar-refractivity contribution is -0.646. The van der Waals surface area contributed by atoms with Crippen LogP contribution in [-0.4, -0.2) is 179 Å². The molecule has 0 radical (unpaired) electrons. The van der Waals surface area contributed by atoms with Crippen molar-refractivity contribution in [2.45, 2.75) is 73.9 Å². The number of fused-ring (bicyclic) bond motifs is 2. The number of imidazole rings is 2. The van der Waals surface area contributed by atoms with Crippen molar-refractivity contribution in [2.24, 2.45) is 13.0 Å². The van der Waals surface area contributed by atoms with Gasteiger partial charge in [-0.3, -0.25) is 51.6 Å². The smallest absolute Gasteiger partial charge is 0.387 e. The van der Waals surface area contributed by atoms with E-state index in [1.807, 2.05) is 4.98 Å². The summed E-state index contributed by atoms with van der Waals surface area (Å²) in [4.78, 5) is 114. The molecule has 1 amide bonds. The Bertz CT molecular complexity index is 3410. The van der Waals surface area contributed by atoms with Crippen molar-refractivity contribution in [3.05, 3.63) is 62.4 Å². The van der Waals surface area contributed by atoms with E-state index >= 15 is 0 Å². The molecule has 77 heavy (non-hydrogen) atoms. The van der Waals surface area contributed by atoms with Gasteiger partial charge in [0.2, 0.25) is 24.4 Å². The third kappa shape index (κ3) is 12.5. The summed E-state index contributed by atoms with van der Waals surface area (Å²) in [5.41, 5.74) is 9.14. The molecular formula is C35H50N13O25P4+. The Morgan fingerprint density at radius 3 is 2.03 bits per heavy atom. The molecule has 38 nitrogen and oxygen atoms in total. The second kappa shape index (κ2) is 22.2. The number of carbonyl (C=O) groups excluding carboxylic acids is 1. The van der Waals surface area contributed by atoms with E-state index in [9.17, 15) is 72.3 Å². The minimum atomic E-state index is -6.24. The minimum Gasteiger partial charge on any atom is -0.387 e. The predicted molar refractivity (Wildman–Crippen MR) is 249 cm³/mol. The van der Waals surface area contributed by atoms with Crippen molar-refractivity contribution < 1.29 is 108 Å². The Labute approximate surface area is 429 Å². The Morgan fingerprint density at radius 1 is 0.766 bits per heavy atom. The number of aliphatic hydroxyl groups excluding tert-OH is 3. The van der Waals surface area contributed by atoms with E-state index in [4.69, 9.17) is 48.5 Å². The molecule has 0 aromatic carbocycles. The number of H-pyrrole nitrogens is 2. The Hall–Kier alpha value is -5.11. The summed E-state index contributed by atoms with van der Waals surface area (Å²) in [6.07, 6.45) is -14.3. The van der Waals surface area contributed by atoms with Gasteiger partial charge in [-0.25, -0.2) is 42.6 Å². The number of phosphoric ester groups is 3. The van der Waals surface area contributed by atoms with Crippen LogP contribution in [0.25, 0.3) is 22.3 Å². The summed E-state index contributed by atoms with van der Waals surface area (Å²) in [6.45, 7) is -3.36. The van der Waals surface area contributed by atoms with E-state index in [0.717, 1.165) is 36.6 Å². The van der Waals surface area contributed by atoms with E-state index in [-0.39, 0.29) is 34.1 Å². The van der Waals surface area contributed by atoms with E-state index in [1.54, 1.807) is 0 Å². The number of ether oxygens (including phenoxy) is 4. The monoisotopic (exact) mass is 1180 g/mol. The largest absolute Gasteiger partial charge is 0.490 e. The third-order valence-electron chi connectivity index (χ3n) is 12.1. The van der Waals surface area contributed by atoms with Gasteiger partial charge in [-0.2, -0.15) is 18.2 Å². The molecule has 42 heteroatoms. The molecule has 5 unspecified atom stereocenters. The summed E-state index contributed by atoms with van der Waals surface area (Å²) in [7, 11) is -18.2. The molecule has 5 aromatic heterocycles. The van der Waals surface area contributed by atoms with Crippen LogP contribution in [0.3, 0.4) is 0 Å². The first-order valence-corrected chi connectivity index (χ1v) is 28.1. The van der Waals surface area contributed by atoms with E-state index < -0.39 is 154 Å². The fraction of sp³-hybridized carbons (Fsp3) is 0.571. The number of carbonyl (C=O) groups is 1. The predicted octanol–water partition coefficient (Wildman–Crippen LogP) is -4.14. The molecule has 0 saturated carbocycles. The molecule has 8 rings (SSSR count). The number of anilines is 2. The summed E-state index contributed by atoms with van der Waals surface area (Å²) in [5.74, 6) is -2.20. The summed E-state index contributed by atoms with van der Waals surface area (Å²) in [5, 5.41) is 32.7. The van der Waals surface area contributed by atoms with Gasteiger partial charge in [-0.1, -0.05) is 0 Å². The number of nitrogen functional groups attached to an aromatic ring is 2. The van der Waals surface area contributed by atoms with Gasteiger partial charge in [-0.15, -0.1) is 0 Å². The topological polar surface area (TPSA) is 528 Å². The molecule has 3 fully saturated rings. The molecule has 0 aliphatic carbocycles. The standard InChI is InChI=1S/C35H49N13O25P4/c1-44(2)19(50)7-14-15(68-31(22(14)51)48-13-45(3)21-29(48)42-34(37)43-30(21)54)8-66-75(58,59)72-77(62,63)73-76(60,61)67-10-17-25(26(64-4)33(70-17)47-12-40-20-27(36)38-11-39-28(20)47)71-74(56,57)65-9-16-23(52)24(53)32(69-16)46-6-5-18(49)41-35(46)55/h5-6,11-17,22-26,31-33,51-53H,7-10H2,1-4H3,(H9-,36,37,38,39,41,42,43,49,54,55,56,57,58,59,60,61,62,63)/p+1/t14-,15-,16-,17-,22-,23-,24-,25-,26-,31?,32-,33-/m1/s1. The first kappa shape index (κ1) is 58.0. The van der Waals surface area contributed by atoms with Crippen LogP contribution in [0.2, 0.25) is 0 Å². The summed E-state index contributed by atoms with van der Waals surface area (Å²) >= 11 is 0. The number of methoxy groups -OCH3 is 1. The average Bonchev–Trinajstić information content (AvgIpc) is 4.13. The lowest BCUT2D eigenvalue weighted by atomic mass is 9.94. The van der Waals surface area contributed by atoms with Crippen LogP contribution < -0.4 is 32.8 Å². The Morgan fingerprint density at radius 2 is 1.38 bits per heavy atom. The molecule has 13 N–H and O–H groups in total. The highest BCUT2D eigenvalue weighted by Crippen LogP contribution is 2.68. The zero-order valence-electron chi connectivity index (χ0n) is 40.1. The van der Waals surface area contributed by atoms with Crippen molar-refractivity contribution in [3.8, 4) is 0 Å². The molecule has 8 heterocycles. The van der Waals surface area contributed by atoms with Gasteiger partial charge >= 0.3 is 42.5 Å². The normalized spacial score (nSPS) is 29.8. The number of hydrogen-bond donors (Lipinski definition) is 11. The van der Waals surface area contributed by atoms with Crippen molar-refractivity contribution in [1.29, 1.82) is 0 Å². The van der Waals surface area contributed by atoms with Gasteiger partial charge in [0, 0.05) is 45.8 Å². The van der Waals surface area contributed by atoms with Crippen LogP contribution in [0.5, 0.6) is 0 Å². The van der Waals surface area contributed by atoms with Crippen molar-refractivity contribution in [3.63, 3.8) is 0 Å². The quantitative estimate of drug-likeness (QED) is 0.0245. The van der Waals surface area contributed by atoms with Crippen molar-refractivity contribution in [2.75, 3.05) is 52.5 Å². The van der Waals surface area contributed by atoms with Crippen LogP contribution in [0.4, 0.5) is 11.8 Å². The number of nitrogens with one attached hydrogen (secondary N) is 2. The highest BCUT2D eigenvalue weighted by atomic mass is 31.3. The lowest BCUT2D eigenvalue weighted by Crippen LogP contribution is -2.38. The maximum Gasteiger partial charge on any atom is 0.490 e. The van der Waals surface area contributed by atoms with Crippen molar-refractivity contribution in [1.82, 2.24) is 48.5 Å². The summed E-state index contributed by atoms with van der Waals surface area (Å²) in [6, 6.07) is 0.921. The van der Waals surface area contributed by atoms with Gasteiger partial charge in [0.05, 0.1) is 39.3 Å². The molecule has 5 aromatic rings. The average molecular weight is 1180 g/mol. The lowest BCUT2D eigenvalue weighted by Gasteiger charge is -2.26. The first-order chi connectivity index (χ1) is 36.0. The number of phosphoric acid groups is 4. The first-order valence-electron chi connectivity index (χ1n) is 22.1. The van der Waals surface area contributed by atoms with Gasteiger partial charge in [0.1, 0.15) is 54.6 Å². The van der Waals surface area contributed by atoms with Crippen LogP contribution in [0.1, 0.15) is 25.1 Å². The number of nitrogens with zero attached hydrogens (tertiary/aromatic N) is 9. The zero-order chi connectivity index (χ0) is 56.3. The van der Waals surface area contributed by atoms with Crippen LogP contribution in [0.15, 0.2) is 45.6 Å². The third-order valence-corrected chi connectivity index (χ3v) is 17.3. The maximum absolute atomic E-state index is 13.6. The van der Waals surface area contributed by atoms with Gasteiger partial charge in [-0.05, 0) is 0 Å². The zero-order valence-corrected chi connectivity index (χ0v) is 43.7. The summed E-state index contributed by atoms with van der Waals surface area (Å²) < 4.78 is 109. The SMILES string of the molecule is CO[C@@H]1[C@H](OP(=O)(O)OC[C@H]2O[C@@H](n3ccc(=O)[nH]c3=O)[C@H](O)[C@@H]2O)[C@@H](COP(=O)(O)OP(=O)(O)OP(=O)(O)OC[C@H]2OC(n3c[n+](C)c4c(=O)[nH]c(N)nc43)[C@H](O)[C@@H]2CC(=O)N(C)C)O[C@H]1n1cnc2c(N)ncnc21. The van der Waals surface area contributed by atoms with Crippen LogP contribution in [0, 0.1) is 5.92 Å². The number of hydrogen-bond acceptors (Lipinski definition) is 27. The minimum absolute atomic E-state index is 0.00182. The van der Waals surface area contributed by atoms with E-state index in [1.165, 1.54) is 46.1 Å². The number of amides is 1. The van der Waals surface area contributed by atoms with Crippen LogP contribution >= 0.6 is 31.3 Å². The molecule has 424 valence electrons. The molecule has 16 atom stereocenters. The molecule has 3 aliphatic rings. The molecule has 3 aliphatic heterocycles. The Kier molecular flexibility index (Phi) is 16.7. The second-order valence-electron chi connectivity index (χ2n) is 17.4. The fourth-order valence-corrected chi connectivity index (χ4v) is 13.0. The number of rotatable bonds is 21. The van der Waals surface area contributed by atoms with Gasteiger partial charge in [0.25, 0.3) is 16.7 Å². The van der Waals surface area contributed by atoms with Gasteiger partial charge < -0.3 is 70.2 Å².